The van der Waals surface area contributed by atoms with Crippen molar-refractivity contribution in [2.24, 2.45) is 0 Å². The molecule has 0 saturated heterocycles. The Morgan fingerprint density at radius 2 is 1.91 bits per heavy atom. The number of rotatable bonds is 6. The molecule has 0 atom stereocenters. The van der Waals surface area contributed by atoms with Crippen molar-refractivity contribution < 1.29 is 14.4 Å². The van der Waals surface area contributed by atoms with Gasteiger partial charge in [0.25, 0.3) is 0 Å². The largest absolute Gasteiger partial charge is 0.303 e. The van der Waals surface area contributed by atoms with Crippen molar-refractivity contribution in [2.75, 3.05) is 0 Å². The van der Waals surface area contributed by atoms with E-state index in [1.165, 1.54) is 6.08 Å². The lowest BCUT2D eigenvalue weighted by molar-refractivity contribution is -0.108. The third kappa shape index (κ3) is 5.21. The SMILES string of the molecule is O=C/C=C(/C=O)CCCC=O. The Hall–Kier alpha value is -1.25. The highest BCUT2D eigenvalue weighted by Gasteiger charge is 1.93. The number of hydrogen-bond donors (Lipinski definition) is 0. The molecule has 0 rings (SSSR count). The molecule has 0 bridgehead atoms. The number of aldehydes is 3. The first-order valence-corrected chi connectivity index (χ1v) is 3.38. The van der Waals surface area contributed by atoms with Gasteiger partial charge in [-0.1, -0.05) is 0 Å². The van der Waals surface area contributed by atoms with E-state index in [9.17, 15) is 14.4 Å². The third-order valence-electron chi connectivity index (χ3n) is 1.22. The zero-order chi connectivity index (χ0) is 8.53. The van der Waals surface area contributed by atoms with Gasteiger partial charge >= 0.3 is 0 Å². The van der Waals surface area contributed by atoms with Crippen LogP contribution >= 0.6 is 0 Å². The van der Waals surface area contributed by atoms with E-state index in [1.807, 2.05) is 0 Å². The van der Waals surface area contributed by atoms with Crippen LogP contribution in [0.1, 0.15) is 19.3 Å². The molecule has 60 valence electrons. The Balaban J connectivity index is 3.69. The molecule has 0 saturated carbocycles. The van der Waals surface area contributed by atoms with Crippen molar-refractivity contribution in [3.8, 4) is 0 Å². The summed E-state index contributed by atoms with van der Waals surface area (Å²) in [5.41, 5.74) is 0.446. The summed E-state index contributed by atoms with van der Waals surface area (Å²) in [4.78, 5) is 29.9. The lowest BCUT2D eigenvalue weighted by Gasteiger charge is -1.92. The Morgan fingerprint density at radius 1 is 1.18 bits per heavy atom. The standard InChI is InChI=1S/C8H10O3/c9-5-2-1-3-8(7-11)4-6-10/h4-7H,1-3H2/b8-4+. The summed E-state index contributed by atoms with van der Waals surface area (Å²) in [5.74, 6) is 0. The van der Waals surface area contributed by atoms with Crippen molar-refractivity contribution in [1.29, 1.82) is 0 Å². The van der Waals surface area contributed by atoms with E-state index >= 15 is 0 Å². The molecule has 0 N–H and O–H groups in total. The lowest BCUT2D eigenvalue weighted by atomic mass is 10.1. The van der Waals surface area contributed by atoms with Crippen LogP contribution in [0, 0.1) is 0 Å². The molecule has 0 aliphatic carbocycles. The van der Waals surface area contributed by atoms with Crippen LogP contribution in [0.4, 0.5) is 0 Å². The van der Waals surface area contributed by atoms with Gasteiger partial charge in [-0.05, 0) is 24.5 Å². The van der Waals surface area contributed by atoms with Gasteiger partial charge in [-0.15, -0.1) is 0 Å². The molecule has 0 aromatic heterocycles. The molecule has 0 aliphatic rings. The molecular formula is C8H10O3. The number of allylic oxidation sites excluding steroid dienone is 2. The van der Waals surface area contributed by atoms with Crippen LogP contribution in [0.25, 0.3) is 0 Å². The van der Waals surface area contributed by atoms with Gasteiger partial charge in [-0.3, -0.25) is 9.59 Å². The van der Waals surface area contributed by atoms with E-state index in [-0.39, 0.29) is 0 Å². The molecule has 11 heavy (non-hydrogen) atoms. The first-order chi connectivity index (χ1) is 5.35. The topological polar surface area (TPSA) is 51.2 Å². The van der Waals surface area contributed by atoms with Gasteiger partial charge in [-0.2, -0.15) is 0 Å². The van der Waals surface area contributed by atoms with Crippen LogP contribution < -0.4 is 0 Å². The van der Waals surface area contributed by atoms with Gasteiger partial charge in [0.15, 0.2) is 0 Å². The highest BCUT2D eigenvalue weighted by Crippen LogP contribution is 2.02. The maximum atomic E-state index is 10.2. The lowest BCUT2D eigenvalue weighted by Crippen LogP contribution is -1.86. The van der Waals surface area contributed by atoms with Gasteiger partial charge in [-0.25, -0.2) is 0 Å². The first kappa shape index (κ1) is 9.75. The molecule has 0 aliphatic heterocycles. The van der Waals surface area contributed by atoms with Gasteiger partial charge in [0.05, 0.1) is 0 Å². The van der Waals surface area contributed by atoms with Gasteiger partial charge < -0.3 is 4.79 Å². The second kappa shape index (κ2) is 6.86. The Morgan fingerprint density at radius 3 is 2.36 bits per heavy atom. The summed E-state index contributed by atoms with van der Waals surface area (Å²) in [6, 6.07) is 0. The van der Waals surface area contributed by atoms with Crippen molar-refractivity contribution >= 4 is 18.9 Å². The number of carbonyl (C=O) groups excluding carboxylic acids is 3. The third-order valence-corrected chi connectivity index (χ3v) is 1.22. The van der Waals surface area contributed by atoms with Gasteiger partial charge in [0.1, 0.15) is 18.9 Å². The van der Waals surface area contributed by atoms with Crippen molar-refractivity contribution in [3.05, 3.63) is 11.6 Å². The van der Waals surface area contributed by atoms with E-state index in [4.69, 9.17) is 0 Å². The summed E-state index contributed by atoms with van der Waals surface area (Å²) < 4.78 is 0. The quantitative estimate of drug-likeness (QED) is 0.321. The van der Waals surface area contributed by atoms with E-state index in [0.717, 1.165) is 6.29 Å². The second-order valence-corrected chi connectivity index (χ2v) is 2.05. The minimum absolute atomic E-state index is 0.435. The molecule has 0 aromatic rings. The Kier molecular flexibility index (Phi) is 6.08. The zero-order valence-electron chi connectivity index (χ0n) is 6.16. The molecule has 0 amide bonds. The Labute approximate surface area is 65.1 Å². The molecule has 3 nitrogen and oxygen atoms in total. The van der Waals surface area contributed by atoms with Crippen molar-refractivity contribution in [1.82, 2.24) is 0 Å². The fraction of sp³-hybridized carbons (Fsp3) is 0.375. The van der Waals surface area contributed by atoms with E-state index < -0.39 is 0 Å². The van der Waals surface area contributed by atoms with Crippen molar-refractivity contribution in [3.63, 3.8) is 0 Å². The molecule has 0 unspecified atom stereocenters. The average molecular weight is 154 g/mol. The predicted molar refractivity (Wildman–Crippen MR) is 40.1 cm³/mol. The molecule has 0 radical (unpaired) electrons. The molecule has 0 heterocycles. The second-order valence-electron chi connectivity index (χ2n) is 2.05. The summed E-state index contributed by atoms with van der Waals surface area (Å²) in [7, 11) is 0. The Bertz CT molecular complexity index is 170. The minimum Gasteiger partial charge on any atom is -0.303 e. The van der Waals surface area contributed by atoms with Crippen LogP contribution in [0.2, 0.25) is 0 Å². The highest BCUT2D eigenvalue weighted by molar-refractivity contribution is 5.81. The van der Waals surface area contributed by atoms with Crippen LogP contribution in [0.3, 0.4) is 0 Å². The van der Waals surface area contributed by atoms with Crippen LogP contribution in [-0.4, -0.2) is 18.9 Å². The normalized spacial score (nSPS) is 10.7. The van der Waals surface area contributed by atoms with Crippen molar-refractivity contribution in [2.45, 2.75) is 19.3 Å². The van der Waals surface area contributed by atoms with Crippen LogP contribution in [0.15, 0.2) is 11.6 Å². The maximum Gasteiger partial charge on any atom is 0.146 e. The summed E-state index contributed by atoms with van der Waals surface area (Å²) in [6.07, 6.45) is 4.79. The predicted octanol–water partition coefficient (Wildman–Crippen LogP) is 0.680. The zero-order valence-corrected chi connectivity index (χ0v) is 6.16. The summed E-state index contributed by atoms with van der Waals surface area (Å²) in [6.45, 7) is 0. The molecule has 0 fully saturated rings. The number of hydrogen-bond acceptors (Lipinski definition) is 3. The van der Waals surface area contributed by atoms with Crippen LogP contribution in [0.5, 0.6) is 0 Å². The minimum atomic E-state index is 0.435. The number of carbonyl (C=O) groups is 3. The fourth-order valence-corrected chi connectivity index (χ4v) is 0.658. The first-order valence-electron chi connectivity index (χ1n) is 3.38. The smallest absolute Gasteiger partial charge is 0.146 e. The highest BCUT2D eigenvalue weighted by atomic mass is 16.1. The van der Waals surface area contributed by atoms with E-state index in [1.54, 1.807) is 0 Å². The maximum absolute atomic E-state index is 10.2. The van der Waals surface area contributed by atoms with Gasteiger partial charge in [0.2, 0.25) is 0 Å². The average Bonchev–Trinajstić information content (AvgIpc) is 2.03. The molecule has 3 heteroatoms. The molecular weight excluding hydrogens is 144 g/mol. The number of unbranched alkanes of at least 4 members (excludes halogenated alkanes) is 1. The van der Waals surface area contributed by atoms with Crippen LogP contribution in [-0.2, 0) is 14.4 Å². The molecule has 0 aromatic carbocycles. The van der Waals surface area contributed by atoms with E-state index in [2.05, 4.69) is 0 Å². The van der Waals surface area contributed by atoms with E-state index in [0.29, 0.717) is 37.4 Å². The summed E-state index contributed by atoms with van der Waals surface area (Å²) >= 11 is 0. The fourth-order valence-electron chi connectivity index (χ4n) is 0.658. The molecule has 0 spiro atoms. The monoisotopic (exact) mass is 154 g/mol. The van der Waals surface area contributed by atoms with Gasteiger partial charge in [0, 0.05) is 6.42 Å². The summed E-state index contributed by atoms with van der Waals surface area (Å²) in [5, 5.41) is 0.